The number of benzene rings is 1. The Morgan fingerprint density at radius 2 is 2.04 bits per heavy atom. The van der Waals surface area contributed by atoms with Crippen LogP contribution in [0, 0.1) is 5.92 Å². The zero-order valence-corrected chi connectivity index (χ0v) is 15.8. The molecule has 1 N–H and O–H groups in total. The van der Waals surface area contributed by atoms with E-state index < -0.39 is 0 Å². The van der Waals surface area contributed by atoms with Crippen LogP contribution in [0.3, 0.4) is 0 Å². The van der Waals surface area contributed by atoms with Gasteiger partial charge in [0.1, 0.15) is 5.82 Å². The highest BCUT2D eigenvalue weighted by Crippen LogP contribution is 2.34. The van der Waals surface area contributed by atoms with Crippen molar-refractivity contribution in [1.29, 1.82) is 0 Å². The third-order valence-corrected chi connectivity index (χ3v) is 6.02. The lowest BCUT2D eigenvalue weighted by Gasteiger charge is -2.33. The van der Waals surface area contributed by atoms with E-state index in [2.05, 4.69) is 15.7 Å². The number of rotatable bonds is 5. The van der Waals surface area contributed by atoms with Crippen molar-refractivity contribution in [2.24, 2.45) is 5.92 Å². The highest BCUT2D eigenvalue weighted by Gasteiger charge is 2.29. The van der Waals surface area contributed by atoms with Crippen LogP contribution in [0.5, 0.6) is 11.5 Å². The van der Waals surface area contributed by atoms with Crippen LogP contribution in [-0.2, 0) is 6.54 Å². The Morgan fingerprint density at radius 1 is 1.26 bits per heavy atom. The molecule has 0 unspecified atom stereocenters. The zero-order valence-electron chi connectivity index (χ0n) is 15.8. The molecule has 0 spiro atoms. The Balaban J connectivity index is 1.41. The number of para-hydroxylation sites is 1. The Kier molecular flexibility index (Phi) is 5.05. The minimum Gasteiger partial charge on any atom is -0.504 e. The van der Waals surface area contributed by atoms with E-state index in [4.69, 9.17) is 4.74 Å². The van der Waals surface area contributed by atoms with E-state index in [1.807, 2.05) is 11.1 Å². The minimum atomic E-state index is -0.136. The van der Waals surface area contributed by atoms with Gasteiger partial charge in [0.2, 0.25) is 0 Å². The van der Waals surface area contributed by atoms with Crippen molar-refractivity contribution in [2.75, 3.05) is 20.2 Å². The summed E-state index contributed by atoms with van der Waals surface area (Å²) in [6.45, 7) is 2.43. The number of hydrogen-bond donors (Lipinski definition) is 1. The lowest BCUT2D eigenvalue weighted by molar-refractivity contribution is 0.0706. The summed E-state index contributed by atoms with van der Waals surface area (Å²) >= 11 is 0. The van der Waals surface area contributed by atoms with Gasteiger partial charge in [-0.25, -0.2) is 4.98 Å². The number of phenolic OH excluding ortho intramolecular Hbond substituents is 1. The first-order chi connectivity index (χ1) is 13.2. The molecule has 2 aromatic rings. The number of piperidine rings is 1. The van der Waals surface area contributed by atoms with Crippen LogP contribution < -0.4 is 4.74 Å². The topological polar surface area (TPSA) is 67.6 Å². The van der Waals surface area contributed by atoms with Crippen LogP contribution in [0.15, 0.2) is 30.6 Å². The van der Waals surface area contributed by atoms with Crippen molar-refractivity contribution in [3.8, 4) is 11.5 Å². The van der Waals surface area contributed by atoms with Gasteiger partial charge in [-0.3, -0.25) is 4.79 Å². The van der Waals surface area contributed by atoms with Crippen molar-refractivity contribution >= 4 is 5.91 Å². The molecule has 1 aliphatic heterocycles. The highest BCUT2D eigenvalue weighted by atomic mass is 16.5. The Bertz CT molecular complexity index is 805. The summed E-state index contributed by atoms with van der Waals surface area (Å²) in [5, 5.41) is 10.3. The molecule has 1 aromatic carbocycles. The van der Waals surface area contributed by atoms with Crippen molar-refractivity contribution in [2.45, 2.75) is 44.6 Å². The van der Waals surface area contributed by atoms with Gasteiger partial charge in [-0.15, -0.1) is 0 Å². The molecule has 1 saturated carbocycles. The quantitative estimate of drug-likeness (QED) is 0.877. The maximum Gasteiger partial charge on any atom is 0.257 e. The number of carbonyl (C=O) groups is 1. The highest BCUT2D eigenvalue weighted by molar-refractivity contribution is 5.97. The summed E-state index contributed by atoms with van der Waals surface area (Å²) in [6.07, 6.45) is 9.81. The number of phenols is 1. The second-order valence-corrected chi connectivity index (χ2v) is 7.66. The van der Waals surface area contributed by atoms with Crippen LogP contribution in [0.4, 0.5) is 0 Å². The van der Waals surface area contributed by atoms with Gasteiger partial charge in [0.15, 0.2) is 11.5 Å². The molecular weight excluding hydrogens is 342 g/mol. The van der Waals surface area contributed by atoms with Crippen molar-refractivity contribution in [1.82, 2.24) is 14.5 Å². The number of aromatic nitrogens is 2. The van der Waals surface area contributed by atoms with Crippen LogP contribution >= 0.6 is 0 Å². The number of amides is 1. The van der Waals surface area contributed by atoms with Gasteiger partial charge in [-0.05, 0) is 43.7 Å². The molecule has 2 heterocycles. The summed E-state index contributed by atoms with van der Waals surface area (Å²) in [6, 6.07) is 5.04. The average Bonchev–Trinajstić information content (AvgIpc) is 3.13. The van der Waals surface area contributed by atoms with Gasteiger partial charge < -0.3 is 19.3 Å². The van der Waals surface area contributed by atoms with E-state index in [-0.39, 0.29) is 11.7 Å². The molecule has 4 rings (SSSR count). The van der Waals surface area contributed by atoms with Crippen molar-refractivity contribution in [3.05, 3.63) is 42.0 Å². The molecule has 2 aliphatic rings. The molecular formula is C21H27N3O3. The molecule has 27 heavy (non-hydrogen) atoms. The summed E-state index contributed by atoms with van der Waals surface area (Å²) in [5.41, 5.74) is 0.305. The van der Waals surface area contributed by atoms with E-state index in [9.17, 15) is 9.90 Å². The van der Waals surface area contributed by atoms with Crippen LogP contribution in [0.25, 0.3) is 0 Å². The van der Waals surface area contributed by atoms with E-state index in [1.54, 1.807) is 18.2 Å². The van der Waals surface area contributed by atoms with Gasteiger partial charge in [0.25, 0.3) is 5.91 Å². The van der Waals surface area contributed by atoms with E-state index in [0.29, 0.717) is 30.3 Å². The number of likely N-dealkylation sites (tertiary alicyclic amines) is 1. The lowest BCUT2D eigenvalue weighted by atomic mass is 9.85. The second kappa shape index (κ2) is 7.62. The molecule has 6 nitrogen and oxygen atoms in total. The standard InChI is InChI=1S/C21H27N3O3/c1-27-18-7-3-6-17(19(18)25)21(26)23-11-8-16(9-12-23)20-22-10-13-24(20)14-15-4-2-5-15/h3,6-7,10,13,15-16,25H,2,4-5,8-9,11-12,14H2,1H3. The Labute approximate surface area is 159 Å². The van der Waals surface area contributed by atoms with Gasteiger partial charge in [-0.2, -0.15) is 0 Å². The second-order valence-electron chi connectivity index (χ2n) is 7.66. The Morgan fingerprint density at radius 3 is 2.70 bits per heavy atom. The van der Waals surface area contributed by atoms with Crippen molar-refractivity contribution in [3.63, 3.8) is 0 Å². The molecule has 2 fully saturated rings. The molecule has 0 radical (unpaired) electrons. The fourth-order valence-electron chi connectivity index (χ4n) is 4.16. The number of hydrogen-bond acceptors (Lipinski definition) is 4. The normalized spacial score (nSPS) is 18.3. The van der Waals surface area contributed by atoms with E-state index >= 15 is 0 Å². The third kappa shape index (κ3) is 3.53. The first kappa shape index (κ1) is 17.9. The number of methoxy groups -OCH3 is 1. The lowest BCUT2D eigenvalue weighted by Crippen LogP contribution is -2.38. The first-order valence-electron chi connectivity index (χ1n) is 9.83. The molecule has 1 aromatic heterocycles. The molecule has 1 saturated heterocycles. The third-order valence-electron chi connectivity index (χ3n) is 6.02. The smallest absolute Gasteiger partial charge is 0.257 e. The van der Waals surface area contributed by atoms with Crippen molar-refractivity contribution < 1.29 is 14.6 Å². The number of aromatic hydroxyl groups is 1. The number of imidazole rings is 1. The predicted molar refractivity (Wildman–Crippen MR) is 102 cm³/mol. The number of carbonyl (C=O) groups excluding carboxylic acids is 1. The van der Waals surface area contributed by atoms with Gasteiger partial charge in [-0.1, -0.05) is 12.5 Å². The molecule has 1 amide bonds. The fourth-order valence-corrected chi connectivity index (χ4v) is 4.16. The minimum absolute atomic E-state index is 0.0804. The van der Waals surface area contributed by atoms with Crippen LogP contribution in [0.1, 0.15) is 54.2 Å². The number of nitrogens with zero attached hydrogens (tertiary/aromatic N) is 3. The summed E-state index contributed by atoms with van der Waals surface area (Å²) < 4.78 is 7.44. The van der Waals surface area contributed by atoms with E-state index in [1.165, 1.54) is 32.2 Å². The molecule has 0 atom stereocenters. The zero-order chi connectivity index (χ0) is 18.8. The molecule has 6 heteroatoms. The fraction of sp³-hybridized carbons (Fsp3) is 0.524. The molecule has 144 valence electrons. The summed E-state index contributed by atoms with van der Waals surface area (Å²) in [5.74, 6) is 2.47. The Hall–Kier alpha value is -2.50. The SMILES string of the molecule is COc1cccc(C(=O)N2CCC(c3nccn3CC3CCC3)CC2)c1O. The van der Waals surface area contributed by atoms with Crippen LogP contribution in [-0.4, -0.2) is 45.7 Å². The average molecular weight is 369 g/mol. The molecule has 0 bridgehead atoms. The predicted octanol–water partition coefficient (Wildman–Crippen LogP) is 3.42. The summed E-state index contributed by atoms with van der Waals surface area (Å²) in [4.78, 5) is 19.3. The maximum atomic E-state index is 12.8. The van der Waals surface area contributed by atoms with Gasteiger partial charge in [0, 0.05) is 37.9 Å². The maximum absolute atomic E-state index is 12.8. The van der Waals surface area contributed by atoms with Gasteiger partial charge >= 0.3 is 0 Å². The van der Waals surface area contributed by atoms with E-state index in [0.717, 1.165) is 25.3 Å². The molecule has 1 aliphatic carbocycles. The largest absolute Gasteiger partial charge is 0.504 e. The monoisotopic (exact) mass is 369 g/mol. The first-order valence-corrected chi connectivity index (χ1v) is 9.83. The summed E-state index contributed by atoms with van der Waals surface area (Å²) in [7, 11) is 1.49. The van der Waals surface area contributed by atoms with Crippen LogP contribution in [0.2, 0.25) is 0 Å². The van der Waals surface area contributed by atoms with Gasteiger partial charge in [0.05, 0.1) is 12.7 Å². The number of ether oxygens (including phenoxy) is 1.